The number of benzene rings is 1. The molecule has 0 aliphatic carbocycles. The molecule has 0 aromatic heterocycles. The molecule has 1 heterocycles. The van der Waals surface area contributed by atoms with Gasteiger partial charge in [0.05, 0.1) is 5.60 Å². The van der Waals surface area contributed by atoms with Gasteiger partial charge in [0.1, 0.15) is 0 Å². The molecule has 0 bridgehead atoms. The highest BCUT2D eigenvalue weighted by molar-refractivity contribution is 5.29. The van der Waals surface area contributed by atoms with Crippen molar-refractivity contribution in [3.63, 3.8) is 0 Å². The van der Waals surface area contributed by atoms with Gasteiger partial charge in [-0.3, -0.25) is 0 Å². The fourth-order valence-corrected chi connectivity index (χ4v) is 2.72. The summed E-state index contributed by atoms with van der Waals surface area (Å²) in [4.78, 5) is 2.31. The highest BCUT2D eigenvalue weighted by atomic mass is 16.3. The Balaban J connectivity index is 2.18. The van der Waals surface area contributed by atoms with Crippen molar-refractivity contribution < 1.29 is 5.11 Å². The summed E-state index contributed by atoms with van der Waals surface area (Å²) >= 11 is 0. The van der Waals surface area contributed by atoms with Gasteiger partial charge < -0.3 is 10.0 Å². The van der Waals surface area contributed by atoms with Crippen molar-refractivity contribution in [2.75, 3.05) is 20.1 Å². The molecule has 0 saturated carbocycles. The molecule has 0 radical (unpaired) electrons. The van der Waals surface area contributed by atoms with E-state index in [-0.39, 0.29) is 0 Å². The molecule has 1 aromatic carbocycles. The Morgan fingerprint density at radius 2 is 1.78 bits per heavy atom. The molecule has 1 N–H and O–H groups in total. The van der Waals surface area contributed by atoms with Crippen LogP contribution in [0.2, 0.25) is 0 Å². The maximum atomic E-state index is 10.8. The quantitative estimate of drug-likeness (QED) is 0.868. The van der Waals surface area contributed by atoms with Crippen molar-refractivity contribution in [2.24, 2.45) is 0 Å². The third kappa shape index (κ3) is 2.93. The standard InChI is InChI=1S/C16H25NO/c1-13(2)14-5-7-15(8-6-14)16(18)9-4-11-17(3)12-10-16/h5-8,13,18H,4,9-12H2,1-3H3. The molecule has 1 saturated heterocycles. The van der Waals surface area contributed by atoms with Crippen LogP contribution in [0.15, 0.2) is 24.3 Å². The summed E-state index contributed by atoms with van der Waals surface area (Å²) in [6, 6.07) is 8.54. The van der Waals surface area contributed by atoms with Crippen LogP contribution in [-0.2, 0) is 5.60 Å². The third-order valence-electron chi connectivity index (χ3n) is 4.15. The Bertz CT molecular complexity index is 385. The summed E-state index contributed by atoms with van der Waals surface area (Å²) in [5, 5.41) is 10.8. The summed E-state index contributed by atoms with van der Waals surface area (Å²) in [6.45, 7) is 6.46. The second-order valence-electron chi connectivity index (χ2n) is 5.97. The van der Waals surface area contributed by atoms with Crippen LogP contribution in [0, 0.1) is 0 Å². The predicted octanol–water partition coefficient (Wildman–Crippen LogP) is 3.11. The normalized spacial score (nSPS) is 26.3. The van der Waals surface area contributed by atoms with Crippen molar-refractivity contribution in [1.29, 1.82) is 0 Å². The average molecular weight is 247 g/mol. The smallest absolute Gasteiger partial charge is 0.0909 e. The first-order valence-electron chi connectivity index (χ1n) is 7.03. The summed E-state index contributed by atoms with van der Waals surface area (Å²) in [5.74, 6) is 0.550. The van der Waals surface area contributed by atoms with Crippen LogP contribution < -0.4 is 0 Å². The predicted molar refractivity (Wildman–Crippen MR) is 75.8 cm³/mol. The molecule has 1 aromatic rings. The van der Waals surface area contributed by atoms with Crippen LogP contribution in [0.1, 0.15) is 50.2 Å². The summed E-state index contributed by atoms with van der Waals surface area (Å²) < 4.78 is 0. The van der Waals surface area contributed by atoms with Crippen LogP contribution in [0.3, 0.4) is 0 Å². The van der Waals surface area contributed by atoms with Gasteiger partial charge in [0, 0.05) is 6.54 Å². The third-order valence-corrected chi connectivity index (χ3v) is 4.15. The minimum absolute atomic E-state index is 0.550. The molecule has 0 spiro atoms. The molecule has 2 heteroatoms. The SMILES string of the molecule is CC(C)c1ccc(C2(O)CCCN(C)CC2)cc1. The van der Waals surface area contributed by atoms with E-state index in [0.29, 0.717) is 5.92 Å². The van der Waals surface area contributed by atoms with Gasteiger partial charge in [-0.15, -0.1) is 0 Å². The van der Waals surface area contributed by atoms with Crippen molar-refractivity contribution in [3.8, 4) is 0 Å². The fraction of sp³-hybridized carbons (Fsp3) is 0.625. The highest BCUT2D eigenvalue weighted by Crippen LogP contribution is 2.33. The Labute approximate surface area is 111 Å². The van der Waals surface area contributed by atoms with Crippen LogP contribution in [0.5, 0.6) is 0 Å². The fourth-order valence-electron chi connectivity index (χ4n) is 2.72. The minimum atomic E-state index is -0.625. The Kier molecular flexibility index (Phi) is 4.08. The van der Waals surface area contributed by atoms with E-state index in [1.54, 1.807) is 0 Å². The van der Waals surface area contributed by atoms with Gasteiger partial charge in [0.25, 0.3) is 0 Å². The second-order valence-corrected chi connectivity index (χ2v) is 5.97. The summed E-state index contributed by atoms with van der Waals surface area (Å²) in [6.07, 6.45) is 2.78. The maximum Gasteiger partial charge on any atom is 0.0909 e. The monoisotopic (exact) mass is 247 g/mol. The van der Waals surface area contributed by atoms with Gasteiger partial charge >= 0.3 is 0 Å². The largest absolute Gasteiger partial charge is 0.385 e. The topological polar surface area (TPSA) is 23.5 Å². The number of rotatable bonds is 2. The van der Waals surface area contributed by atoms with E-state index >= 15 is 0 Å². The van der Waals surface area contributed by atoms with E-state index in [9.17, 15) is 5.11 Å². The zero-order valence-corrected chi connectivity index (χ0v) is 11.8. The molecule has 100 valence electrons. The molecule has 0 amide bonds. The van der Waals surface area contributed by atoms with Gasteiger partial charge in [-0.25, -0.2) is 0 Å². The Hall–Kier alpha value is -0.860. The summed E-state index contributed by atoms with van der Waals surface area (Å²) in [7, 11) is 2.13. The van der Waals surface area contributed by atoms with E-state index in [1.165, 1.54) is 5.56 Å². The number of nitrogens with zero attached hydrogens (tertiary/aromatic N) is 1. The van der Waals surface area contributed by atoms with Crippen molar-refractivity contribution >= 4 is 0 Å². The number of likely N-dealkylation sites (tertiary alicyclic amines) is 1. The molecule has 1 atom stereocenters. The van der Waals surface area contributed by atoms with E-state index in [4.69, 9.17) is 0 Å². The molecule has 18 heavy (non-hydrogen) atoms. The molecule has 2 nitrogen and oxygen atoms in total. The first-order valence-corrected chi connectivity index (χ1v) is 7.03. The second kappa shape index (κ2) is 5.41. The van der Waals surface area contributed by atoms with E-state index < -0.39 is 5.60 Å². The molecular formula is C16H25NO. The van der Waals surface area contributed by atoms with Crippen molar-refractivity contribution in [1.82, 2.24) is 4.90 Å². The zero-order valence-electron chi connectivity index (χ0n) is 11.8. The van der Waals surface area contributed by atoms with E-state index in [1.807, 2.05) is 0 Å². The molecular weight excluding hydrogens is 222 g/mol. The summed E-state index contributed by atoms with van der Waals surface area (Å²) in [5.41, 5.74) is 1.80. The van der Waals surface area contributed by atoms with Gasteiger partial charge in [0.15, 0.2) is 0 Å². The van der Waals surface area contributed by atoms with Crippen LogP contribution in [0.4, 0.5) is 0 Å². The molecule has 1 unspecified atom stereocenters. The Morgan fingerprint density at radius 1 is 1.11 bits per heavy atom. The minimum Gasteiger partial charge on any atom is -0.385 e. The van der Waals surface area contributed by atoms with Crippen LogP contribution in [-0.4, -0.2) is 30.1 Å². The van der Waals surface area contributed by atoms with E-state index in [2.05, 4.69) is 50.1 Å². The van der Waals surface area contributed by atoms with Crippen molar-refractivity contribution in [3.05, 3.63) is 35.4 Å². The first kappa shape index (κ1) is 13.6. The van der Waals surface area contributed by atoms with Crippen molar-refractivity contribution in [2.45, 2.75) is 44.6 Å². The Morgan fingerprint density at radius 3 is 2.39 bits per heavy atom. The van der Waals surface area contributed by atoms with Gasteiger partial charge in [-0.05, 0) is 49.9 Å². The molecule has 2 rings (SSSR count). The number of hydrogen-bond acceptors (Lipinski definition) is 2. The maximum absolute atomic E-state index is 10.8. The van der Waals surface area contributed by atoms with Gasteiger partial charge in [-0.1, -0.05) is 38.1 Å². The lowest BCUT2D eigenvalue weighted by molar-refractivity contribution is 0.0218. The van der Waals surface area contributed by atoms with Crippen LogP contribution in [0.25, 0.3) is 0 Å². The average Bonchev–Trinajstić information content (AvgIpc) is 2.53. The number of hydrogen-bond donors (Lipinski definition) is 1. The lowest BCUT2D eigenvalue weighted by atomic mass is 9.86. The van der Waals surface area contributed by atoms with Gasteiger partial charge in [0.2, 0.25) is 0 Å². The van der Waals surface area contributed by atoms with Crippen LogP contribution >= 0.6 is 0 Å². The lowest BCUT2D eigenvalue weighted by Crippen LogP contribution is -2.27. The van der Waals surface area contributed by atoms with Gasteiger partial charge in [-0.2, -0.15) is 0 Å². The molecule has 1 fully saturated rings. The van der Waals surface area contributed by atoms with E-state index in [0.717, 1.165) is 37.9 Å². The number of aliphatic hydroxyl groups is 1. The lowest BCUT2D eigenvalue weighted by Gasteiger charge is -2.27. The molecule has 1 aliphatic heterocycles. The molecule has 1 aliphatic rings. The first-order chi connectivity index (χ1) is 8.51. The highest BCUT2D eigenvalue weighted by Gasteiger charge is 2.31. The zero-order chi connectivity index (χ0) is 13.2.